The van der Waals surface area contributed by atoms with E-state index in [-0.39, 0.29) is 35.5 Å². The number of halogens is 4. The Bertz CT molecular complexity index is 740. The topological polar surface area (TPSA) is 61.4 Å². The number of hydrogen-bond donors (Lipinski definition) is 2. The van der Waals surface area contributed by atoms with Crippen LogP contribution in [0.4, 0.5) is 23.2 Å². The highest BCUT2D eigenvalue weighted by Gasteiger charge is 2.32. The SMILES string of the molecule is O=C(CC1CCN(C(=O)[C@H]2CCCN2)CC1)Nc1cc(CF)cc(C(F)(F)F)c1. The average Bonchev–Trinajstić information content (AvgIpc) is 3.21. The molecule has 0 bridgehead atoms. The van der Waals surface area contributed by atoms with Crippen molar-refractivity contribution in [3.63, 3.8) is 0 Å². The Morgan fingerprint density at radius 2 is 1.86 bits per heavy atom. The summed E-state index contributed by atoms with van der Waals surface area (Å²) in [5.74, 6) is -0.244. The van der Waals surface area contributed by atoms with Crippen LogP contribution in [0, 0.1) is 5.92 Å². The first-order valence-electron chi connectivity index (χ1n) is 9.85. The number of alkyl halides is 4. The summed E-state index contributed by atoms with van der Waals surface area (Å²) in [6.07, 6.45) is -1.27. The summed E-state index contributed by atoms with van der Waals surface area (Å²) in [6, 6.07) is 2.65. The first-order valence-corrected chi connectivity index (χ1v) is 9.85. The van der Waals surface area contributed by atoms with Crippen LogP contribution in [0.1, 0.15) is 43.2 Å². The Morgan fingerprint density at radius 1 is 1.14 bits per heavy atom. The summed E-state index contributed by atoms with van der Waals surface area (Å²) < 4.78 is 51.7. The summed E-state index contributed by atoms with van der Waals surface area (Å²) >= 11 is 0. The Morgan fingerprint density at radius 3 is 2.45 bits per heavy atom. The van der Waals surface area contributed by atoms with Crippen molar-refractivity contribution in [3.05, 3.63) is 29.3 Å². The van der Waals surface area contributed by atoms with Crippen molar-refractivity contribution < 1.29 is 27.2 Å². The van der Waals surface area contributed by atoms with E-state index in [9.17, 15) is 27.2 Å². The molecule has 1 atom stereocenters. The van der Waals surface area contributed by atoms with Crippen LogP contribution in [0.25, 0.3) is 0 Å². The van der Waals surface area contributed by atoms with Crippen molar-refractivity contribution in [2.45, 2.75) is 51.0 Å². The maximum absolute atomic E-state index is 12.9. The van der Waals surface area contributed by atoms with Gasteiger partial charge in [-0.3, -0.25) is 9.59 Å². The van der Waals surface area contributed by atoms with Crippen LogP contribution in [0.5, 0.6) is 0 Å². The molecule has 2 aliphatic heterocycles. The molecule has 0 aliphatic carbocycles. The molecule has 0 unspecified atom stereocenters. The van der Waals surface area contributed by atoms with Gasteiger partial charge < -0.3 is 15.5 Å². The number of carbonyl (C=O) groups is 2. The second-order valence-electron chi connectivity index (χ2n) is 7.72. The van der Waals surface area contributed by atoms with E-state index >= 15 is 0 Å². The zero-order chi connectivity index (χ0) is 21.0. The second-order valence-corrected chi connectivity index (χ2v) is 7.72. The minimum Gasteiger partial charge on any atom is -0.341 e. The first kappa shape index (κ1) is 21.5. The molecule has 2 N–H and O–H groups in total. The lowest BCUT2D eigenvalue weighted by Gasteiger charge is -2.33. The summed E-state index contributed by atoms with van der Waals surface area (Å²) in [6.45, 7) is 0.955. The molecular formula is C20H25F4N3O2. The Hall–Kier alpha value is -2.16. The highest BCUT2D eigenvalue weighted by Crippen LogP contribution is 2.32. The number of hydrogen-bond acceptors (Lipinski definition) is 3. The molecule has 0 spiro atoms. The van der Waals surface area contributed by atoms with Gasteiger partial charge in [0.2, 0.25) is 11.8 Å². The lowest BCUT2D eigenvalue weighted by Crippen LogP contribution is -2.47. The van der Waals surface area contributed by atoms with Crippen LogP contribution in [-0.4, -0.2) is 42.4 Å². The third-order valence-electron chi connectivity index (χ3n) is 5.52. The van der Waals surface area contributed by atoms with Gasteiger partial charge in [-0.1, -0.05) is 0 Å². The number of likely N-dealkylation sites (tertiary alicyclic amines) is 1. The third-order valence-corrected chi connectivity index (χ3v) is 5.52. The number of amides is 2. The van der Waals surface area contributed by atoms with Crippen LogP contribution >= 0.6 is 0 Å². The molecule has 160 valence electrons. The second kappa shape index (κ2) is 9.11. The zero-order valence-electron chi connectivity index (χ0n) is 16.0. The van der Waals surface area contributed by atoms with Gasteiger partial charge in [0.1, 0.15) is 6.67 Å². The van der Waals surface area contributed by atoms with E-state index in [1.807, 2.05) is 4.90 Å². The van der Waals surface area contributed by atoms with Gasteiger partial charge in [0.15, 0.2) is 0 Å². The maximum atomic E-state index is 12.9. The molecule has 2 saturated heterocycles. The monoisotopic (exact) mass is 415 g/mol. The summed E-state index contributed by atoms with van der Waals surface area (Å²) in [7, 11) is 0. The molecule has 1 aromatic carbocycles. The molecule has 0 saturated carbocycles. The van der Waals surface area contributed by atoms with Crippen LogP contribution in [-0.2, 0) is 22.4 Å². The van der Waals surface area contributed by atoms with Gasteiger partial charge in [-0.25, -0.2) is 4.39 Å². The van der Waals surface area contributed by atoms with Crippen molar-refractivity contribution in [1.82, 2.24) is 10.2 Å². The van der Waals surface area contributed by atoms with Crippen molar-refractivity contribution >= 4 is 17.5 Å². The fourth-order valence-corrected chi connectivity index (χ4v) is 3.95. The van der Waals surface area contributed by atoms with Crippen molar-refractivity contribution in [2.75, 3.05) is 25.0 Å². The third kappa shape index (κ3) is 5.68. The highest BCUT2D eigenvalue weighted by molar-refractivity contribution is 5.91. The molecule has 2 amide bonds. The molecule has 3 rings (SSSR count). The summed E-state index contributed by atoms with van der Waals surface area (Å²) in [4.78, 5) is 26.5. The maximum Gasteiger partial charge on any atom is 0.416 e. The fraction of sp³-hybridized carbons (Fsp3) is 0.600. The van der Waals surface area contributed by atoms with E-state index in [4.69, 9.17) is 0 Å². The van der Waals surface area contributed by atoms with Gasteiger partial charge in [-0.2, -0.15) is 13.2 Å². The summed E-state index contributed by atoms with van der Waals surface area (Å²) in [5, 5.41) is 5.65. The number of benzene rings is 1. The van der Waals surface area contributed by atoms with E-state index in [2.05, 4.69) is 10.6 Å². The van der Waals surface area contributed by atoms with Crippen LogP contribution in [0.2, 0.25) is 0 Å². The normalized spacial score (nSPS) is 20.7. The summed E-state index contributed by atoms with van der Waals surface area (Å²) in [5.41, 5.74) is -1.19. The molecule has 2 fully saturated rings. The minimum absolute atomic E-state index is 0.0574. The molecule has 5 nitrogen and oxygen atoms in total. The van der Waals surface area contributed by atoms with E-state index in [1.54, 1.807) is 0 Å². The van der Waals surface area contributed by atoms with Crippen molar-refractivity contribution in [2.24, 2.45) is 5.92 Å². The largest absolute Gasteiger partial charge is 0.416 e. The molecule has 29 heavy (non-hydrogen) atoms. The van der Waals surface area contributed by atoms with Gasteiger partial charge >= 0.3 is 6.18 Å². The van der Waals surface area contributed by atoms with Crippen molar-refractivity contribution in [1.29, 1.82) is 0 Å². The smallest absolute Gasteiger partial charge is 0.341 e. The molecule has 0 aromatic heterocycles. The molecule has 1 aromatic rings. The number of nitrogens with one attached hydrogen (secondary N) is 2. The average molecular weight is 415 g/mol. The Balaban J connectivity index is 1.52. The van der Waals surface area contributed by atoms with E-state index < -0.39 is 24.3 Å². The lowest BCUT2D eigenvalue weighted by molar-refractivity contribution is -0.137. The minimum atomic E-state index is -4.61. The van der Waals surface area contributed by atoms with Gasteiger partial charge in [-0.05, 0) is 61.9 Å². The number of nitrogens with zero attached hydrogens (tertiary/aromatic N) is 1. The van der Waals surface area contributed by atoms with Gasteiger partial charge in [0.05, 0.1) is 11.6 Å². The highest BCUT2D eigenvalue weighted by atomic mass is 19.4. The molecule has 2 heterocycles. The molecule has 0 radical (unpaired) electrons. The predicted molar refractivity (Wildman–Crippen MR) is 99.8 cm³/mol. The lowest BCUT2D eigenvalue weighted by atomic mass is 9.92. The number of carbonyl (C=O) groups excluding carboxylic acids is 2. The van der Waals surface area contributed by atoms with E-state index in [1.165, 1.54) is 6.07 Å². The quantitative estimate of drug-likeness (QED) is 0.724. The van der Waals surface area contributed by atoms with Crippen LogP contribution < -0.4 is 10.6 Å². The van der Waals surface area contributed by atoms with E-state index in [0.717, 1.165) is 31.5 Å². The Labute approximate surface area is 166 Å². The fourth-order valence-electron chi connectivity index (χ4n) is 3.95. The predicted octanol–water partition coefficient (Wildman–Crippen LogP) is 3.49. The van der Waals surface area contributed by atoms with Gasteiger partial charge in [-0.15, -0.1) is 0 Å². The van der Waals surface area contributed by atoms with E-state index in [0.29, 0.717) is 25.9 Å². The first-order chi connectivity index (χ1) is 13.8. The van der Waals surface area contributed by atoms with Gasteiger partial charge in [0.25, 0.3) is 0 Å². The molecule has 2 aliphatic rings. The standard InChI is InChI=1S/C20H25F4N3O2/c21-12-14-8-15(20(22,23)24)11-16(9-14)26-18(28)10-13-3-6-27(7-4-13)19(29)17-2-1-5-25-17/h8-9,11,13,17,25H,1-7,10,12H2,(H,26,28)/t17-/m1/s1. The number of piperidine rings is 1. The van der Waals surface area contributed by atoms with Crippen LogP contribution in [0.3, 0.4) is 0 Å². The Kier molecular flexibility index (Phi) is 6.77. The van der Waals surface area contributed by atoms with Crippen LogP contribution in [0.15, 0.2) is 18.2 Å². The molecular weight excluding hydrogens is 390 g/mol. The number of rotatable bonds is 5. The molecule has 9 heteroatoms. The zero-order valence-corrected chi connectivity index (χ0v) is 16.0. The van der Waals surface area contributed by atoms with Crippen molar-refractivity contribution in [3.8, 4) is 0 Å². The number of anilines is 1. The van der Waals surface area contributed by atoms with Gasteiger partial charge in [0, 0.05) is 25.2 Å².